The number of nitrogens with one attached hydrogen (secondary N) is 2. The van der Waals surface area contributed by atoms with E-state index in [1.165, 1.54) is 0 Å². The summed E-state index contributed by atoms with van der Waals surface area (Å²) in [6.45, 7) is 2.73. The predicted molar refractivity (Wildman–Crippen MR) is 100 cm³/mol. The molecule has 7 nitrogen and oxygen atoms in total. The minimum atomic E-state index is -0.528. The standard InChI is InChI=1S/C20H21N3O4/c1-2-27-17-10-8-16(9-11-17)23-13-15(12-18(23)24)20(26)22-21-19(25)14-6-4-3-5-7-14/h3-11,15H,2,12-13H2,1H3,(H,21,25)(H,22,26). The molecule has 1 unspecified atom stereocenters. The highest BCUT2D eigenvalue weighted by molar-refractivity contribution is 6.01. The minimum absolute atomic E-state index is 0.0975. The second kappa shape index (κ2) is 8.35. The molecule has 0 bridgehead atoms. The van der Waals surface area contributed by atoms with Gasteiger partial charge in [-0.1, -0.05) is 18.2 Å². The first-order valence-corrected chi connectivity index (χ1v) is 8.77. The second-order valence-corrected chi connectivity index (χ2v) is 6.14. The largest absolute Gasteiger partial charge is 0.494 e. The van der Waals surface area contributed by atoms with Gasteiger partial charge >= 0.3 is 0 Å². The maximum absolute atomic E-state index is 12.3. The third kappa shape index (κ3) is 4.44. The van der Waals surface area contributed by atoms with E-state index < -0.39 is 11.8 Å². The number of nitrogens with zero attached hydrogens (tertiary/aromatic N) is 1. The summed E-state index contributed by atoms with van der Waals surface area (Å²) < 4.78 is 5.39. The molecule has 1 heterocycles. The number of amides is 3. The van der Waals surface area contributed by atoms with Gasteiger partial charge < -0.3 is 9.64 Å². The smallest absolute Gasteiger partial charge is 0.269 e. The van der Waals surface area contributed by atoms with Crippen molar-refractivity contribution in [2.45, 2.75) is 13.3 Å². The van der Waals surface area contributed by atoms with Crippen LogP contribution in [0.1, 0.15) is 23.7 Å². The van der Waals surface area contributed by atoms with Gasteiger partial charge in [-0.15, -0.1) is 0 Å². The SMILES string of the molecule is CCOc1ccc(N2CC(C(=O)NNC(=O)c3ccccc3)CC2=O)cc1. The Morgan fingerprint density at radius 1 is 1.07 bits per heavy atom. The quantitative estimate of drug-likeness (QED) is 0.790. The molecule has 0 radical (unpaired) electrons. The van der Waals surface area contributed by atoms with Crippen LogP contribution in [0.3, 0.4) is 0 Å². The topological polar surface area (TPSA) is 87.7 Å². The van der Waals surface area contributed by atoms with Crippen molar-refractivity contribution in [3.8, 4) is 5.75 Å². The first-order valence-electron chi connectivity index (χ1n) is 8.77. The Morgan fingerprint density at radius 2 is 1.78 bits per heavy atom. The highest BCUT2D eigenvalue weighted by Gasteiger charge is 2.35. The molecule has 0 aliphatic carbocycles. The molecule has 2 aromatic carbocycles. The lowest BCUT2D eigenvalue weighted by Crippen LogP contribution is -2.45. The van der Waals surface area contributed by atoms with Crippen LogP contribution in [-0.4, -0.2) is 30.9 Å². The molecule has 1 atom stereocenters. The van der Waals surface area contributed by atoms with Crippen LogP contribution in [0.5, 0.6) is 5.75 Å². The van der Waals surface area contributed by atoms with Crippen molar-refractivity contribution >= 4 is 23.4 Å². The molecule has 140 valence electrons. The Bertz CT molecular complexity index is 821. The molecule has 7 heteroatoms. The van der Waals surface area contributed by atoms with E-state index >= 15 is 0 Å². The first kappa shape index (κ1) is 18.4. The molecule has 3 rings (SSSR count). The molecule has 1 saturated heterocycles. The maximum atomic E-state index is 12.3. The molecule has 1 aliphatic rings. The Morgan fingerprint density at radius 3 is 2.44 bits per heavy atom. The van der Waals surface area contributed by atoms with Gasteiger partial charge in [0.25, 0.3) is 5.91 Å². The van der Waals surface area contributed by atoms with E-state index in [4.69, 9.17) is 4.74 Å². The van der Waals surface area contributed by atoms with Gasteiger partial charge in [0.2, 0.25) is 11.8 Å². The molecular weight excluding hydrogens is 346 g/mol. The van der Waals surface area contributed by atoms with Gasteiger partial charge in [0.1, 0.15) is 5.75 Å². The first-order chi connectivity index (χ1) is 13.1. The molecule has 0 spiro atoms. The molecule has 2 aromatic rings. The number of carbonyl (C=O) groups excluding carboxylic acids is 3. The zero-order valence-electron chi connectivity index (χ0n) is 15.0. The van der Waals surface area contributed by atoms with Crippen molar-refractivity contribution in [3.05, 3.63) is 60.2 Å². The number of rotatable bonds is 5. The van der Waals surface area contributed by atoms with Gasteiger partial charge in [0.15, 0.2) is 0 Å². The van der Waals surface area contributed by atoms with E-state index in [1.54, 1.807) is 59.5 Å². The van der Waals surface area contributed by atoms with Crippen LogP contribution in [0.25, 0.3) is 0 Å². The summed E-state index contributed by atoms with van der Waals surface area (Å²) >= 11 is 0. The van der Waals surface area contributed by atoms with Crippen LogP contribution in [0.2, 0.25) is 0 Å². The summed E-state index contributed by atoms with van der Waals surface area (Å²) in [5.74, 6) is -0.725. The normalized spacial score (nSPS) is 16.1. The lowest BCUT2D eigenvalue weighted by atomic mass is 10.1. The van der Waals surface area contributed by atoms with Crippen LogP contribution < -0.4 is 20.5 Å². The van der Waals surface area contributed by atoms with Gasteiger partial charge in [-0.25, -0.2) is 0 Å². The molecule has 0 saturated carbocycles. The van der Waals surface area contributed by atoms with Crippen molar-refractivity contribution in [1.82, 2.24) is 10.9 Å². The lowest BCUT2D eigenvalue weighted by Gasteiger charge is -2.17. The fraction of sp³-hybridized carbons (Fsp3) is 0.250. The molecule has 1 fully saturated rings. The molecule has 2 N–H and O–H groups in total. The number of carbonyl (C=O) groups is 3. The summed E-state index contributed by atoms with van der Waals surface area (Å²) in [6, 6.07) is 15.7. The summed E-state index contributed by atoms with van der Waals surface area (Å²) in [6.07, 6.45) is 0.0975. The van der Waals surface area contributed by atoms with Crippen LogP contribution in [0.4, 0.5) is 5.69 Å². The van der Waals surface area contributed by atoms with Crippen LogP contribution in [-0.2, 0) is 9.59 Å². The number of hydrogen-bond donors (Lipinski definition) is 2. The molecular formula is C20H21N3O4. The predicted octanol–water partition coefficient (Wildman–Crippen LogP) is 1.90. The fourth-order valence-electron chi connectivity index (χ4n) is 2.90. The van der Waals surface area contributed by atoms with Crippen molar-refractivity contribution in [2.24, 2.45) is 5.92 Å². The van der Waals surface area contributed by atoms with E-state index in [-0.39, 0.29) is 24.8 Å². The van der Waals surface area contributed by atoms with E-state index in [0.29, 0.717) is 17.9 Å². The highest BCUT2D eigenvalue weighted by Crippen LogP contribution is 2.26. The molecule has 1 aliphatic heterocycles. The summed E-state index contributed by atoms with van der Waals surface area (Å²) in [5.41, 5.74) is 5.94. The zero-order valence-corrected chi connectivity index (χ0v) is 15.0. The van der Waals surface area contributed by atoms with Crippen LogP contribution in [0, 0.1) is 5.92 Å². The van der Waals surface area contributed by atoms with Crippen molar-refractivity contribution in [2.75, 3.05) is 18.1 Å². The van der Waals surface area contributed by atoms with Gasteiger partial charge in [0, 0.05) is 24.2 Å². The van der Waals surface area contributed by atoms with E-state index in [2.05, 4.69) is 10.9 Å². The number of benzene rings is 2. The van der Waals surface area contributed by atoms with Gasteiger partial charge in [-0.3, -0.25) is 25.2 Å². The third-order valence-corrected chi connectivity index (χ3v) is 4.29. The van der Waals surface area contributed by atoms with Crippen molar-refractivity contribution < 1.29 is 19.1 Å². The van der Waals surface area contributed by atoms with E-state index in [1.807, 2.05) is 6.92 Å². The van der Waals surface area contributed by atoms with Crippen LogP contribution >= 0.6 is 0 Å². The highest BCUT2D eigenvalue weighted by atomic mass is 16.5. The van der Waals surface area contributed by atoms with E-state index in [9.17, 15) is 14.4 Å². The van der Waals surface area contributed by atoms with Crippen LogP contribution in [0.15, 0.2) is 54.6 Å². The number of ether oxygens (including phenoxy) is 1. The zero-order chi connectivity index (χ0) is 19.2. The summed E-state index contributed by atoms with van der Waals surface area (Å²) in [5, 5.41) is 0. The number of hydrazine groups is 1. The van der Waals surface area contributed by atoms with Crippen molar-refractivity contribution in [1.29, 1.82) is 0 Å². The fourth-order valence-corrected chi connectivity index (χ4v) is 2.90. The molecule has 27 heavy (non-hydrogen) atoms. The summed E-state index contributed by atoms with van der Waals surface area (Å²) in [7, 11) is 0. The molecule has 0 aromatic heterocycles. The van der Waals surface area contributed by atoms with Gasteiger partial charge in [0.05, 0.1) is 12.5 Å². The van der Waals surface area contributed by atoms with Crippen molar-refractivity contribution in [3.63, 3.8) is 0 Å². The lowest BCUT2D eigenvalue weighted by molar-refractivity contribution is -0.126. The van der Waals surface area contributed by atoms with E-state index in [0.717, 1.165) is 5.75 Å². The Balaban J connectivity index is 1.56. The molecule has 3 amide bonds. The average Bonchev–Trinajstić information content (AvgIpc) is 3.09. The minimum Gasteiger partial charge on any atom is -0.494 e. The summed E-state index contributed by atoms with van der Waals surface area (Å²) in [4.78, 5) is 38.2. The Hall–Kier alpha value is -3.35. The van der Waals surface area contributed by atoms with Gasteiger partial charge in [-0.05, 0) is 43.3 Å². The Kier molecular flexibility index (Phi) is 5.71. The van der Waals surface area contributed by atoms with Gasteiger partial charge in [-0.2, -0.15) is 0 Å². The monoisotopic (exact) mass is 367 g/mol. The third-order valence-electron chi connectivity index (χ3n) is 4.29. The second-order valence-electron chi connectivity index (χ2n) is 6.14. The maximum Gasteiger partial charge on any atom is 0.269 e. The number of hydrogen-bond acceptors (Lipinski definition) is 4. The Labute approximate surface area is 157 Å². The number of anilines is 1. The average molecular weight is 367 g/mol.